The van der Waals surface area contributed by atoms with Gasteiger partial charge in [-0.15, -0.1) is 0 Å². The maximum Gasteiger partial charge on any atom is 0.265 e. The molecule has 2 amide bonds. The Balaban J connectivity index is 3.31. The molecule has 0 N–H and O–H groups in total. The molecule has 1 aliphatic rings. The van der Waals surface area contributed by atoms with Crippen LogP contribution in [0.4, 0.5) is 0 Å². The summed E-state index contributed by atoms with van der Waals surface area (Å²) < 4.78 is 2.51. The van der Waals surface area contributed by atoms with Gasteiger partial charge in [0.05, 0.1) is 0 Å². The van der Waals surface area contributed by atoms with Crippen LogP contribution in [-0.2, 0) is 9.59 Å². The van der Waals surface area contributed by atoms with E-state index >= 15 is 0 Å². The van der Waals surface area contributed by atoms with Crippen LogP contribution in [0.2, 0.25) is 0 Å². The van der Waals surface area contributed by atoms with E-state index < -0.39 is 11.1 Å². The largest absolute Gasteiger partial charge is 0.271 e. The number of hydrogen-bond acceptors (Lipinski definition) is 2. The van der Waals surface area contributed by atoms with Crippen LogP contribution in [0.15, 0.2) is 0 Å². The van der Waals surface area contributed by atoms with Crippen LogP contribution in [0.5, 0.6) is 0 Å². The quantitative estimate of drug-likeness (QED) is 0.361. The lowest BCUT2D eigenvalue weighted by molar-refractivity contribution is -0.167. The maximum absolute atomic E-state index is 13.5. The van der Waals surface area contributed by atoms with Crippen molar-refractivity contribution in [2.24, 2.45) is 0 Å². The normalized spacial score (nSPS) is 19.3. The monoisotopic (exact) mass is 406 g/mol. The Bertz CT molecular complexity index is 413. The second-order valence-electron chi connectivity index (χ2n) is 7.65. The fraction of sp³-hybridized carbons (Fsp3) is 0.900. The predicted molar refractivity (Wildman–Crippen MR) is 109 cm³/mol. The summed E-state index contributed by atoms with van der Waals surface area (Å²) in [7, 11) is 0. The van der Waals surface area contributed by atoms with Crippen molar-refractivity contribution in [3.05, 3.63) is 0 Å². The highest BCUT2D eigenvalue weighted by Gasteiger charge is 2.61. The first-order valence-corrected chi connectivity index (χ1v) is 11.1. The Morgan fingerprint density at radius 1 is 0.615 bits per heavy atom. The minimum absolute atomic E-state index is 0.192. The zero-order chi connectivity index (χ0) is 19.8. The molecule has 4 nitrogen and oxygen atoms in total. The van der Waals surface area contributed by atoms with Gasteiger partial charge in [0, 0.05) is 23.6 Å². The number of halogens is 2. The number of nitrogens with zero attached hydrogens (tertiary/aromatic N) is 2. The maximum atomic E-state index is 13.5. The van der Waals surface area contributed by atoms with Gasteiger partial charge in [0.2, 0.25) is 0 Å². The fourth-order valence-corrected chi connectivity index (χ4v) is 4.67. The molecule has 1 rings (SSSR count). The van der Waals surface area contributed by atoms with Crippen LogP contribution in [-0.4, -0.2) is 31.7 Å². The topological polar surface area (TPSA) is 40.6 Å². The van der Waals surface area contributed by atoms with Crippen LogP contribution >= 0.6 is 23.6 Å². The van der Waals surface area contributed by atoms with Gasteiger partial charge in [0.1, 0.15) is 11.1 Å². The third-order valence-electron chi connectivity index (χ3n) is 5.68. The lowest BCUT2D eigenvalue weighted by Crippen LogP contribution is -2.72. The van der Waals surface area contributed by atoms with Crippen molar-refractivity contribution >= 4 is 35.4 Å². The molecular weight excluding hydrogens is 371 g/mol. The van der Waals surface area contributed by atoms with Gasteiger partial charge in [0.25, 0.3) is 11.8 Å². The molecule has 0 aliphatic carbocycles. The number of hydrogen-bond donors (Lipinski definition) is 0. The smallest absolute Gasteiger partial charge is 0.265 e. The number of amides is 2. The first kappa shape index (κ1) is 23.6. The first-order valence-electron chi connectivity index (χ1n) is 10.4. The van der Waals surface area contributed by atoms with E-state index in [9.17, 15) is 9.59 Å². The molecule has 0 atom stereocenters. The number of unbranched alkanes of at least 4 members (excludes halogenated alkanes) is 4. The van der Waals surface area contributed by atoms with Crippen LogP contribution in [0, 0.1) is 0 Å². The Morgan fingerprint density at radius 3 is 1.04 bits per heavy atom. The highest BCUT2D eigenvalue weighted by molar-refractivity contribution is 6.32. The van der Waals surface area contributed by atoms with E-state index in [1.54, 1.807) is 0 Å². The molecule has 1 heterocycles. The van der Waals surface area contributed by atoms with Crippen molar-refractivity contribution in [2.75, 3.05) is 0 Å². The lowest BCUT2D eigenvalue weighted by Gasteiger charge is -2.53. The van der Waals surface area contributed by atoms with Gasteiger partial charge in [-0.25, -0.2) is 8.84 Å². The molecule has 26 heavy (non-hydrogen) atoms. The van der Waals surface area contributed by atoms with Gasteiger partial charge in [-0.2, -0.15) is 0 Å². The van der Waals surface area contributed by atoms with Crippen molar-refractivity contribution in [1.29, 1.82) is 0 Å². The summed E-state index contributed by atoms with van der Waals surface area (Å²) >= 11 is 13.3. The third-order valence-corrected chi connectivity index (χ3v) is 6.63. The molecule has 152 valence electrons. The zero-order valence-corrected chi connectivity index (χ0v) is 18.5. The third kappa shape index (κ3) is 4.49. The van der Waals surface area contributed by atoms with E-state index in [-0.39, 0.29) is 11.8 Å². The summed E-state index contributed by atoms with van der Waals surface area (Å²) in [4.78, 5) is 26.9. The van der Waals surface area contributed by atoms with E-state index in [0.29, 0.717) is 25.7 Å². The Morgan fingerprint density at radius 2 is 0.846 bits per heavy atom. The summed E-state index contributed by atoms with van der Waals surface area (Å²) in [6, 6.07) is 0. The van der Waals surface area contributed by atoms with E-state index in [4.69, 9.17) is 23.6 Å². The highest BCUT2D eigenvalue weighted by atomic mass is 35.5. The summed E-state index contributed by atoms with van der Waals surface area (Å²) in [5.41, 5.74) is -2.01. The molecule has 1 saturated heterocycles. The zero-order valence-electron chi connectivity index (χ0n) is 17.0. The fourth-order valence-electron chi connectivity index (χ4n) is 3.87. The molecule has 0 bridgehead atoms. The standard InChI is InChI=1S/C20H36Cl2N2O2/c1-5-9-13-19(14-10-6-2)17(25)24(22)20(15-11-7-3,16-12-8-4)18(26)23(19)21/h5-16H2,1-4H3. The minimum Gasteiger partial charge on any atom is -0.271 e. The van der Waals surface area contributed by atoms with Gasteiger partial charge in [0.15, 0.2) is 0 Å². The second kappa shape index (κ2) is 10.8. The first-order chi connectivity index (χ1) is 12.4. The molecule has 0 unspecified atom stereocenters. The second-order valence-corrected chi connectivity index (χ2v) is 8.33. The predicted octanol–water partition coefficient (Wildman–Crippen LogP) is 6.20. The van der Waals surface area contributed by atoms with Crippen molar-refractivity contribution in [2.45, 2.75) is 116 Å². The van der Waals surface area contributed by atoms with E-state index in [1.165, 1.54) is 8.84 Å². The molecule has 0 aromatic rings. The van der Waals surface area contributed by atoms with Crippen molar-refractivity contribution in [1.82, 2.24) is 8.84 Å². The van der Waals surface area contributed by atoms with Gasteiger partial charge >= 0.3 is 0 Å². The molecule has 0 aromatic carbocycles. The van der Waals surface area contributed by atoms with Gasteiger partial charge in [-0.05, 0) is 25.7 Å². The van der Waals surface area contributed by atoms with Crippen molar-refractivity contribution < 1.29 is 9.59 Å². The number of piperazine rings is 1. The molecule has 0 radical (unpaired) electrons. The van der Waals surface area contributed by atoms with Crippen LogP contribution in [0.25, 0.3) is 0 Å². The number of rotatable bonds is 12. The molecule has 0 aromatic heterocycles. The summed E-state index contributed by atoms with van der Waals surface area (Å²) in [5, 5.41) is 0. The summed E-state index contributed by atoms with van der Waals surface area (Å²) in [5.74, 6) is -0.384. The van der Waals surface area contributed by atoms with Crippen molar-refractivity contribution in [3.8, 4) is 0 Å². The van der Waals surface area contributed by atoms with Crippen LogP contribution in [0.1, 0.15) is 105 Å². The Kier molecular flexibility index (Phi) is 9.74. The minimum atomic E-state index is -1.01. The lowest BCUT2D eigenvalue weighted by atomic mass is 9.77. The van der Waals surface area contributed by atoms with Crippen LogP contribution in [0.3, 0.4) is 0 Å². The molecule has 0 saturated carbocycles. The highest BCUT2D eigenvalue weighted by Crippen LogP contribution is 2.45. The van der Waals surface area contributed by atoms with E-state index in [1.807, 2.05) is 0 Å². The average molecular weight is 407 g/mol. The van der Waals surface area contributed by atoms with Crippen LogP contribution < -0.4 is 0 Å². The van der Waals surface area contributed by atoms with E-state index in [2.05, 4.69) is 27.7 Å². The summed E-state index contributed by atoms with van der Waals surface area (Å²) in [6.45, 7) is 8.30. The van der Waals surface area contributed by atoms with E-state index in [0.717, 1.165) is 51.4 Å². The number of carbonyl (C=O) groups excluding carboxylic acids is 2. The van der Waals surface area contributed by atoms with Gasteiger partial charge in [-0.1, -0.05) is 79.1 Å². The molecule has 1 fully saturated rings. The Hall–Kier alpha value is -0.480. The SMILES string of the molecule is CCCCC1(CCCC)C(=O)N(Cl)C(CCCC)(CCCC)C(=O)N1Cl. The van der Waals surface area contributed by atoms with Gasteiger partial charge < -0.3 is 0 Å². The molecule has 1 aliphatic heterocycles. The molecule has 0 spiro atoms. The van der Waals surface area contributed by atoms with Crippen molar-refractivity contribution in [3.63, 3.8) is 0 Å². The summed E-state index contributed by atoms with van der Waals surface area (Å²) in [6.07, 6.45) is 9.41. The average Bonchev–Trinajstić information content (AvgIpc) is 2.66. The Labute approximate surface area is 169 Å². The number of carbonyl (C=O) groups is 2. The molecular formula is C20H36Cl2N2O2. The molecule has 6 heteroatoms. The van der Waals surface area contributed by atoms with Gasteiger partial charge in [-0.3, -0.25) is 9.59 Å².